The van der Waals surface area contributed by atoms with Crippen LogP contribution in [0, 0.1) is 41.5 Å². The molecular formula is C20H22. The Hall–Kier alpha value is -1.82. The summed E-state index contributed by atoms with van der Waals surface area (Å²) in [4.78, 5) is 0. The molecule has 0 aliphatic rings. The fraction of sp³-hybridized carbons (Fsp3) is 0.300. The molecule has 0 spiro atoms. The van der Waals surface area contributed by atoms with Gasteiger partial charge in [0, 0.05) is 0 Å². The van der Waals surface area contributed by atoms with Crippen LogP contribution in [0.15, 0.2) is 24.3 Å². The van der Waals surface area contributed by atoms with Crippen LogP contribution in [0.4, 0.5) is 0 Å². The van der Waals surface area contributed by atoms with Gasteiger partial charge in [-0.05, 0) is 96.5 Å². The summed E-state index contributed by atoms with van der Waals surface area (Å²) in [7, 11) is 0. The smallest absolute Gasteiger partial charge is 0.00678 e. The molecule has 0 bridgehead atoms. The number of hydrogen-bond acceptors (Lipinski definition) is 0. The summed E-state index contributed by atoms with van der Waals surface area (Å²) in [6.45, 7) is 13.4. The summed E-state index contributed by atoms with van der Waals surface area (Å²) < 4.78 is 0. The standard InChI is InChI=1S/C20H22/c1-11-7-9-17-15(5)16(6)18-10-8-12(2)14(4)20(18)19(17)13(11)3/h7-10H,1-6H3. The molecule has 0 radical (unpaired) electrons. The minimum atomic E-state index is 1.38. The molecule has 0 N–H and O–H groups in total. The van der Waals surface area contributed by atoms with Gasteiger partial charge >= 0.3 is 0 Å². The summed E-state index contributed by atoms with van der Waals surface area (Å²) in [5.41, 5.74) is 8.43. The topological polar surface area (TPSA) is 0 Å². The van der Waals surface area contributed by atoms with Crippen molar-refractivity contribution < 1.29 is 0 Å². The van der Waals surface area contributed by atoms with Crippen LogP contribution in [-0.2, 0) is 0 Å². The summed E-state index contributed by atoms with van der Waals surface area (Å²) >= 11 is 0. The minimum absolute atomic E-state index is 1.38. The predicted molar refractivity (Wildman–Crippen MR) is 89.9 cm³/mol. The van der Waals surface area contributed by atoms with Crippen molar-refractivity contribution in [2.75, 3.05) is 0 Å². The Morgan fingerprint density at radius 1 is 0.450 bits per heavy atom. The lowest BCUT2D eigenvalue weighted by Crippen LogP contribution is -1.95. The maximum atomic E-state index is 2.29. The van der Waals surface area contributed by atoms with E-state index in [2.05, 4.69) is 65.8 Å². The van der Waals surface area contributed by atoms with Crippen LogP contribution < -0.4 is 0 Å². The van der Waals surface area contributed by atoms with E-state index < -0.39 is 0 Å². The fourth-order valence-corrected chi connectivity index (χ4v) is 3.31. The highest BCUT2D eigenvalue weighted by Gasteiger charge is 2.13. The summed E-state index contributed by atoms with van der Waals surface area (Å²) in [5.74, 6) is 0. The van der Waals surface area contributed by atoms with Gasteiger partial charge in [0.05, 0.1) is 0 Å². The van der Waals surface area contributed by atoms with Gasteiger partial charge in [0.2, 0.25) is 0 Å². The van der Waals surface area contributed by atoms with E-state index in [0.29, 0.717) is 0 Å². The number of aryl methyl sites for hydroxylation is 6. The highest BCUT2D eigenvalue weighted by atomic mass is 14.2. The Bertz CT molecular complexity index is 779. The Morgan fingerprint density at radius 3 is 1.15 bits per heavy atom. The molecule has 0 heterocycles. The van der Waals surface area contributed by atoms with E-state index in [1.54, 1.807) is 0 Å². The molecule has 0 atom stereocenters. The van der Waals surface area contributed by atoms with Gasteiger partial charge in [-0.3, -0.25) is 0 Å². The SMILES string of the molecule is Cc1ccc2c(C)c(C)c3ccc(C)c(C)c3c2c1C. The molecule has 0 saturated carbocycles. The molecule has 0 fully saturated rings. The first-order valence-corrected chi connectivity index (χ1v) is 7.32. The number of benzene rings is 3. The average molecular weight is 262 g/mol. The van der Waals surface area contributed by atoms with Crippen molar-refractivity contribution in [2.45, 2.75) is 41.5 Å². The van der Waals surface area contributed by atoms with Crippen molar-refractivity contribution in [1.29, 1.82) is 0 Å². The van der Waals surface area contributed by atoms with Crippen LogP contribution in [0.5, 0.6) is 0 Å². The molecule has 20 heavy (non-hydrogen) atoms. The third-order valence-corrected chi connectivity index (χ3v) is 5.09. The molecule has 0 nitrogen and oxygen atoms in total. The molecule has 0 heteroatoms. The predicted octanol–water partition coefficient (Wildman–Crippen LogP) is 5.84. The van der Waals surface area contributed by atoms with Gasteiger partial charge < -0.3 is 0 Å². The third-order valence-electron chi connectivity index (χ3n) is 5.09. The maximum absolute atomic E-state index is 2.29. The van der Waals surface area contributed by atoms with Crippen LogP contribution in [0.2, 0.25) is 0 Å². The third kappa shape index (κ3) is 1.61. The zero-order valence-corrected chi connectivity index (χ0v) is 13.3. The van der Waals surface area contributed by atoms with Gasteiger partial charge in [0.15, 0.2) is 0 Å². The molecule has 3 aromatic rings. The van der Waals surface area contributed by atoms with Crippen LogP contribution >= 0.6 is 0 Å². The molecule has 0 saturated heterocycles. The van der Waals surface area contributed by atoms with Gasteiger partial charge in [-0.15, -0.1) is 0 Å². The molecule has 0 aromatic heterocycles. The van der Waals surface area contributed by atoms with E-state index in [0.717, 1.165) is 0 Å². The highest BCUT2D eigenvalue weighted by molar-refractivity contribution is 6.14. The Morgan fingerprint density at radius 2 is 0.800 bits per heavy atom. The van der Waals surface area contributed by atoms with Crippen molar-refractivity contribution in [3.63, 3.8) is 0 Å². The van der Waals surface area contributed by atoms with Gasteiger partial charge in [0.25, 0.3) is 0 Å². The second kappa shape index (κ2) is 4.34. The van der Waals surface area contributed by atoms with E-state index in [9.17, 15) is 0 Å². The Labute approximate surface area is 121 Å². The maximum Gasteiger partial charge on any atom is -0.00678 e. The van der Waals surface area contributed by atoms with Gasteiger partial charge in [0.1, 0.15) is 0 Å². The van der Waals surface area contributed by atoms with E-state index in [1.807, 2.05) is 0 Å². The van der Waals surface area contributed by atoms with Crippen molar-refractivity contribution >= 4 is 21.5 Å². The van der Waals surface area contributed by atoms with Crippen LogP contribution in [0.25, 0.3) is 21.5 Å². The lowest BCUT2D eigenvalue weighted by molar-refractivity contribution is 1.34. The van der Waals surface area contributed by atoms with E-state index >= 15 is 0 Å². The fourth-order valence-electron chi connectivity index (χ4n) is 3.31. The van der Waals surface area contributed by atoms with E-state index in [-0.39, 0.29) is 0 Å². The van der Waals surface area contributed by atoms with Crippen LogP contribution in [0.1, 0.15) is 33.4 Å². The molecule has 0 unspecified atom stereocenters. The first kappa shape index (κ1) is 13.2. The lowest BCUT2D eigenvalue weighted by atomic mass is 9.86. The number of hydrogen-bond donors (Lipinski definition) is 0. The van der Waals surface area contributed by atoms with Crippen molar-refractivity contribution in [3.05, 3.63) is 57.6 Å². The summed E-state index contributed by atoms with van der Waals surface area (Å²) in [6, 6.07) is 9.09. The lowest BCUT2D eigenvalue weighted by Gasteiger charge is -2.18. The van der Waals surface area contributed by atoms with Crippen molar-refractivity contribution in [3.8, 4) is 0 Å². The summed E-state index contributed by atoms with van der Waals surface area (Å²) in [5, 5.41) is 5.72. The van der Waals surface area contributed by atoms with Gasteiger partial charge in [-0.2, -0.15) is 0 Å². The Balaban J connectivity index is 2.76. The molecule has 0 aliphatic carbocycles. The molecule has 0 aliphatic heterocycles. The van der Waals surface area contributed by atoms with E-state index in [1.165, 1.54) is 54.9 Å². The number of rotatable bonds is 0. The Kier molecular flexibility index (Phi) is 2.86. The second-order valence-corrected chi connectivity index (χ2v) is 6.11. The molecular weight excluding hydrogens is 240 g/mol. The van der Waals surface area contributed by atoms with Gasteiger partial charge in [-0.1, -0.05) is 24.3 Å². The van der Waals surface area contributed by atoms with Gasteiger partial charge in [-0.25, -0.2) is 0 Å². The number of fused-ring (bicyclic) bond motifs is 3. The summed E-state index contributed by atoms with van der Waals surface area (Å²) in [6.07, 6.45) is 0. The minimum Gasteiger partial charge on any atom is -0.0584 e. The zero-order valence-electron chi connectivity index (χ0n) is 13.3. The molecule has 102 valence electrons. The molecule has 0 amide bonds. The average Bonchev–Trinajstić information content (AvgIpc) is 2.43. The largest absolute Gasteiger partial charge is 0.0584 e. The van der Waals surface area contributed by atoms with Crippen LogP contribution in [-0.4, -0.2) is 0 Å². The second-order valence-electron chi connectivity index (χ2n) is 6.11. The quantitative estimate of drug-likeness (QED) is 0.446. The monoisotopic (exact) mass is 262 g/mol. The van der Waals surface area contributed by atoms with Crippen molar-refractivity contribution in [1.82, 2.24) is 0 Å². The first-order chi connectivity index (χ1) is 9.43. The first-order valence-electron chi connectivity index (χ1n) is 7.32. The van der Waals surface area contributed by atoms with Crippen molar-refractivity contribution in [2.24, 2.45) is 0 Å². The van der Waals surface area contributed by atoms with Crippen LogP contribution in [0.3, 0.4) is 0 Å². The normalized spacial score (nSPS) is 11.5. The molecule has 3 aromatic carbocycles. The van der Waals surface area contributed by atoms with E-state index in [4.69, 9.17) is 0 Å². The highest BCUT2D eigenvalue weighted by Crippen LogP contribution is 2.37. The zero-order chi connectivity index (χ0) is 14.6. The molecule has 3 rings (SSSR count).